The average Bonchev–Trinajstić information content (AvgIpc) is 3.51. The van der Waals surface area contributed by atoms with Gasteiger partial charge >= 0.3 is 6.03 Å². The number of morpholine rings is 1. The average molecular weight is 607 g/mol. The van der Waals surface area contributed by atoms with E-state index in [1.54, 1.807) is 23.3 Å². The molecule has 1 aliphatic heterocycles. The Balaban J connectivity index is 1.15. The van der Waals surface area contributed by atoms with Gasteiger partial charge in [-0.3, -0.25) is 9.58 Å². The summed E-state index contributed by atoms with van der Waals surface area (Å²) in [4.78, 5) is 31.5. The van der Waals surface area contributed by atoms with Gasteiger partial charge in [-0.15, -0.1) is 0 Å². The molecule has 12 heteroatoms. The molecule has 4 heterocycles. The Labute approximate surface area is 263 Å². The first-order valence-corrected chi connectivity index (χ1v) is 15.4. The van der Waals surface area contributed by atoms with Crippen molar-refractivity contribution < 1.29 is 9.53 Å². The molecule has 1 atom stereocenters. The molecule has 1 saturated heterocycles. The molecule has 4 aromatic rings. The number of pyridine rings is 1. The number of nitrogens with one attached hydrogen (secondary N) is 2. The van der Waals surface area contributed by atoms with Gasteiger partial charge in [0.05, 0.1) is 25.1 Å². The van der Waals surface area contributed by atoms with E-state index in [0.717, 1.165) is 42.4 Å². The molecule has 6 rings (SSSR count). The first-order chi connectivity index (χ1) is 22.0. The Hall–Kier alpha value is -5.02. The molecule has 3 aromatic heterocycles. The highest BCUT2D eigenvalue weighted by atomic mass is 16.5. The number of aryl methyl sites for hydroxylation is 1. The molecular formula is C33H38N10O2. The van der Waals surface area contributed by atoms with Crippen molar-refractivity contribution in [1.29, 1.82) is 5.26 Å². The molecule has 1 aliphatic carbocycles. The summed E-state index contributed by atoms with van der Waals surface area (Å²) in [5.74, 6) is 1.77. The molecule has 2 amide bonds. The molecule has 0 unspecified atom stereocenters. The van der Waals surface area contributed by atoms with Crippen LogP contribution in [0.15, 0.2) is 67.3 Å². The van der Waals surface area contributed by atoms with Gasteiger partial charge in [-0.1, -0.05) is 30.3 Å². The van der Waals surface area contributed by atoms with E-state index in [-0.39, 0.29) is 24.2 Å². The zero-order chi connectivity index (χ0) is 31.2. The summed E-state index contributed by atoms with van der Waals surface area (Å²) >= 11 is 0. The molecular weight excluding hydrogens is 568 g/mol. The highest BCUT2D eigenvalue weighted by Crippen LogP contribution is 2.30. The van der Waals surface area contributed by atoms with Crippen LogP contribution in [0, 0.1) is 11.3 Å². The van der Waals surface area contributed by atoms with Crippen LogP contribution in [0.2, 0.25) is 0 Å². The van der Waals surface area contributed by atoms with Gasteiger partial charge in [0.15, 0.2) is 5.82 Å². The zero-order valence-corrected chi connectivity index (χ0v) is 25.6. The van der Waals surface area contributed by atoms with Crippen LogP contribution in [-0.2, 0) is 18.3 Å². The predicted octanol–water partition coefficient (Wildman–Crippen LogP) is 4.51. The molecule has 0 radical (unpaired) electrons. The standard InChI is InChI=1S/C33H38N10O2/c1-23-21-42(14-15-45-23)31-26(16-34)19-36-32(40-31)39-28-9-11-29(12-10-28)43(33(44)37-17-24-6-4-3-5-7-24)30-13-8-25(18-35-30)27-20-38-41(2)22-27/h3-8,13,18-20,22-23,28-29H,9-12,14-15,17,21H2,1-2H3,(H,37,44)(H,36,39,40)/t23-,28?,29?/m1/s1. The Morgan fingerprint density at radius 2 is 1.89 bits per heavy atom. The van der Waals surface area contributed by atoms with E-state index in [0.29, 0.717) is 49.4 Å². The first kappa shape index (κ1) is 30.0. The van der Waals surface area contributed by atoms with Crippen molar-refractivity contribution in [3.8, 4) is 17.2 Å². The van der Waals surface area contributed by atoms with Gasteiger partial charge in [-0.25, -0.2) is 14.8 Å². The van der Waals surface area contributed by atoms with Crippen molar-refractivity contribution in [2.24, 2.45) is 7.05 Å². The summed E-state index contributed by atoms with van der Waals surface area (Å²) in [5, 5.41) is 20.5. The lowest BCUT2D eigenvalue weighted by atomic mass is 9.90. The summed E-state index contributed by atoms with van der Waals surface area (Å²) < 4.78 is 7.43. The zero-order valence-electron chi connectivity index (χ0n) is 25.6. The van der Waals surface area contributed by atoms with Crippen LogP contribution in [0.1, 0.15) is 43.7 Å². The summed E-state index contributed by atoms with van der Waals surface area (Å²) in [6.07, 6.45) is 10.4. The van der Waals surface area contributed by atoms with Crippen molar-refractivity contribution in [1.82, 2.24) is 30.0 Å². The number of hydrogen-bond acceptors (Lipinski definition) is 9. The minimum absolute atomic E-state index is 0.0251. The second-order valence-corrected chi connectivity index (χ2v) is 11.6. The van der Waals surface area contributed by atoms with E-state index >= 15 is 0 Å². The number of urea groups is 1. The fraction of sp³-hybridized carbons (Fsp3) is 0.394. The fourth-order valence-electron chi connectivity index (χ4n) is 6.02. The summed E-state index contributed by atoms with van der Waals surface area (Å²) in [6, 6.07) is 16.0. The van der Waals surface area contributed by atoms with E-state index < -0.39 is 0 Å². The predicted molar refractivity (Wildman–Crippen MR) is 172 cm³/mol. The Morgan fingerprint density at radius 3 is 2.58 bits per heavy atom. The van der Waals surface area contributed by atoms with Gasteiger partial charge in [0, 0.05) is 62.3 Å². The Morgan fingerprint density at radius 1 is 1.07 bits per heavy atom. The van der Waals surface area contributed by atoms with Crippen LogP contribution in [0.25, 0.3) is 11.1 Å². The number of carbonyl (C=O) groups is 1. The topological polar surface area (TPSA) is 137 Å². The minimum atomic E-state index is -0.170. The molecule has 12 nitrogen and oxygen atoms in total. The normalized spacial score (nSPS) is 19.8. The highest BCUT2D eigenvalue weighted by Gasteiger charge is 2.31. The largest absolute Gasteiger partial charge is 0.375 e. The molecule has 0 bridgehead atoms. The van der Waals surface area contributed by atoms with Crippen molar-refractivity contribution in [2.75, 3.05) is 34.8 Å². The van der Waals surface area contributed by atoms with Gasteiger partial charge in [0.1, 0.15) is 17.5 Å². The van der Waals surface area contributed by atoms with E-state index in [2.05, 4.69) is 31.7 Å². The number of rotatable bonds is 8. The van der Waals surface area contributed by atoms with E-state index in [4.69, 9.17) is 14.7 Å². The second kappa shape index (κ2) is 13.7. The SMILES string of the molecule is C[C@@H]1CN(c2nc(NC3CCC(N(C(=O)NCc4ccccc4)c4ccc(-c5cnn(C)c5)cn4)CC3)ncc2C#N)CCO1. The van der Waals surface area contributed by atoms with Crippen molar-refractivity contribution in [3.63, 3.8) is 0 Å². The third-order valence-corrected chi connectivity index (χ3v) is 8.36. The van der Waals surface area contributed by atoms with Crippen molar-refractivity contribution >= 4 is 23.6 Å². The summed E-state index contributed by atoms with van der Waals surface area (Å²) in [5.41, 5.74) is 3.40. The first-order valence-electron chi connectivity index (χ1n) is 15.4. The lowest BCUT2D eigenvalue weighted by molar-refractivity contribution is 0.0529. The lowest BCUT2D eigenvalue weighted by Crippen LogP contribution is -2.49. The lowest BCUT2D eigenvalue weighted by Gasteiger charge is -2.36. The number of anilines is 3. The van der Waals surface area contributed by atoms with E-state index in [1.807, 2.05) is 67.5 Å². The molecule has 1 saturated carbocycles. The van der Waals surface area contributed by atoms with Gasteiger partial charge in [-0.05, 0) is 50.3 Å². The molecule has 0 spiro atoms. The van der Waals surface area contributed by atoms with E-state index in [1.165, 1.54) is 0 Å². The van der Waals surface area contributed by atoms with Crippen LogP contribution < -0.4 is 20.4 Å². The second-order valence-electron chi connectivity index (χ2n) is 11.6. The number of benzene rings is 1. The number of amides is 2. The maximum absolute atomic E-state index is 13.7. The molecule has 2 N–H and O–H groups in total. The number of carbonyl (C=O) groups excluding carboxylic acids is 1. The molecule has 45 heavy (non-hydrogen) atoms. The van der Waals surface area contributed by atoms with Crippen LogP contribution in [0.5, 0.6) is 0 Å². The van der Waals surface area contributed by atoms with Crippen molar-refractivity contribution in [3.05, 3.63) is 78.4 Å². The molecule has 2 fully saturated rings. The van der Waals surface area contributed by atoms with Crippen molar-refractivity contribution in [2.45, 2.75) is 57.3 Å². The number of nitrogens with zero attached hydrogens (tertiary/aromatic N) is 8. The molecule has 1 aromatic carbocycles. The van der Waals surface area contributed by atoms with Gasteiger partial charge < -0.3 is 20.3 Å². The molecule has 232 valence electrons. The number of hydrogen-bond donors (Lipinski definition) is 2. The maximum Gasteiger partial charge on any atom is 0.323 e. The van der Waals surface area contributed by atoms with E-state index in [9.17, 15) is 10.1 Å². The van der Waals surface area contributed by atoms with Gasteiger partial charge in [-0.2, -0.15) is 15.3 Å². The minimum Gasteiger partial charge on any atom is -0.375 e. The van der Waals surface area contributed by atoms with Crippen LogP contribution in [0.4, 0.5) is 22.4 Å². The quantitative estimate of drug-likeness (QED) is 0.297. The Bertz CT molecular complexity index is 1630. The van der Waals surface area contributed by atoms with Gasteiger partial charge in [0.2, 0.25) is 5.95 Å². The number of nitriles is 1. The summed E-state index contributed by atoms with van der Waals surface area (Å²) in [6.45, 7) is 4.41. The third-order valence-electron chi connectivity index (χ3n) is 8.36. The summed E-state index contributed by atoms with van der Waals surface area (Å²) in [7, 11) is 1.88. The maximum atomic E-state index is 13.7. The fourth-order valence-corrected chi connectivity index (χ4v) is 6.02. The van der Waals surface area contributed by atoms with Crippen LogP contribution in [0.3, 0.4) is 0 Å². The molecule has 2 aliphatic rings. The van der Waals surface area contributed by atoms with Crippen LogP contribution >= 0.6 is 0 Å². The number of aromatic nitrogens is 5. The van der Waals surface area contributed by atoms with Gasteiger partial charge in [0.25, 0.3) is 0 Å². The monoisotopic (exact) mass is 606 g/mol. The third kappa shape index (κ3) is 7.21. The van der Waals surface area contributed by atoms with Crippen LogP contribution in [-0.4, -0.2) is 68.6 Å². The highest BCUT2D eigenvalue weighted by molar-refractivity contribution is 5.91. The smallest absolute Gasteiger partial charge is 0.323 e. The Kier molecular flexibility index (Phi) is 9.17. The number of ether oxygens (including phenoxy) is 1.